The second kappa shape index (κ2) is 7.54. The number of carbonyl (C=O) groups is 1. The Bertz CT molecular complexity index is 795. The monoisotopic (exact) mass is 456 g/mol. The molecule has 1 spiro atoms. The standard InChI is InChI=1S/C19H25BrN2O4S/c1-18(2,3)27(24)21-15-12-19(7-9-22(10-8-19)17(23)25-4)26-16-6-5-13(20)11-14(15)16/h5-6,11H,7-10,12H2,1-4H3/t27-/m0/s1. The van der Waals surface area contributed by atoms with Crippen molar-refractivity contribution in [2.24, 2.45) is 4.40 Å². The molecule has 1 aromatic carbocycles. The highest BCUT2D eigenvalue weighted by Crippen LogP contribution is 2.41. The minimum absolute atomic E-state index is 0.312. The van der Waals surface area contributed by atoms with Crippen LogP contribution in [0.2, 0.25) is 0 Å². The average Bonchev–Trinajstić information content (AvgIpc) is 2.61. The van der Waals surface area contributed by atoms with Crippen molar-refractivity contribution in [3.05, 3.63) is 28.2 Å². The second-order valence-corrected chi connectivity index (χ2v) is 10.8. The van der Waals surface area contributed by atoms with Gasteiger partial charge in [-0.15, -0.1) is 0 Å². The van der Waals surface area contributed by atoms with E-state index in [2.05, 4.69) is 20.3 Å². The Morgan fingerprint density at radius 3 is 2.59 bits per heavy atom. The van der Waals surface area contributed by atoms with Gasteiger partial charge in [-0.2, -0.15) is 4.40 Å². The maximum atomic E-state index is 12.7. The molecule has 1 amide bonds. The largest absolute Gasteiger partial charge is 0.486 e. The quantitative estimate of drug-likeness (QED) is 0.637. The first kappa shape index (κ1) is 20.3. The number of ether oxygens (including phenoxy) is 2. The molecule has 0 saturated carbocycles. The van der Waals surface area contributed by atoms with E-state index in [1.54, 1.807) is 4.90 Å². The molecule has 0 bridgehead atoms. The van der Waals surface area contributed by atoms with E-state index >= 15 is 0 Å². The number of benzene rings is 1. The predicted molar refractivity (Wildman–Crippen MR) is 110 cm³/mol. The molecule has 0 aliphatic carbocycles. The Labute approximate surface area is 171 Å². The van der Waals surface area contributed by atoms with E-state index in [0.29, 0.717) is 32.4 Å². The number of halogens is 1. The highest BCUT2D eigenvalue weighted by molar-refractivity contribution is 9.10. The number of hydrogen-bond donors (Lipinski definition) is 0. The SMILES string of the molecule is COC(=O)N1CCC2(CC1)CC(=N[S@@](=O)C(C)(C)C)c1cc(Br)ccc1O2. The van der Waals surface area contributed by atoms with E-state index < -0.39 is 21.3 Å². The number of carbonyl (C=O) groups excluding carboxylic acids is 1. The normalized spacial score (nSPS) is 21.5. The maximum absolute atomic E-state index is 12.7. The van der Waals surface area contributed by atoms with Crippen molar-refractivity contribution in [2.45, 2.75) is 50.4 Å². The second-order valence-electron chi connectivity index (χ2n) is 7.96. The average molecular weight is 457 g/mol. The number of methoxy groups -OCH3 is 1. The van der Waals surface area contributed by atoms with Gasteiger partial charge in [-0.1, -0.05) is 15.9 Å². The lowest BCUT2D eigenvalue weighted by Crippen LogP contribution is -2.52. The summed E-state index contributed by atoms with van der Waals surface area (Å²) in [7, 11) is 0.0403. The summed E-state index contributed by atoms with van der Waals surface area (Å²) in [6.45, 7) is 6.87. The summed E-state index contributed by atoms with van der Waals surface area (Å²) in [4.78, 5) is 13.5. The van der Waals surface area contributed by atoms with Crippen LogP contribution in [0.1, 0.15) is 45.6 Å². The molecule has 1 aromatic rings. The molecule has 1 fully saturated rings. The van der Waals surface area contributed by atoms with Crippen LogP contribution in [0.5, 0.6) is 5.75 Å². The topological polar surface area (TPSA) is 68.2 Å². The zero-order valence-corrected chi connectivity index (χ0v) is 18.5. The first-order chi connectivity index (χ1) is 12.6. The van der Waals surface area contributed by atoms with Crippen molar-refractivity contribution < 1.29 is 18.5 Å². The summed E-state index contributed by atoms with van der Waals surface area (Å²) in [5.74, 6) is 0.751. The third kappa shape index (κ3) is 4.37. The molecule has 0 N–H and O–H groups in total. The van der Waals surface area contributed by atoms with Crippen LogP contribution in [0.3, 0.4) is 0 Å². The van der Waals surface area contributed by atoms with Crippen LogP contribution in [0, 0.1) is 0 Å². The van der Waals surface area contributed by atoms with Gasteiger partial charge in [0.2, 0.25) is 0 Å². The Morgan fingerprint density at radius 2 is 2.00 bits per heavy atom. The number of piperidine rings is 1. The number of likely N-dealkylation sites (tertiary alicyclic amines) is 1. The molecule has 2 aliphatic heterocycles. The van der Waals surface area contributed by atoms with Crippen LogP contribution in [-0.4, -0.2) is 51.5 Å². The number of rotatable bonds is 1. The summed E-state index contributed by atoms with van der Waals surface area (Å²) in [5.41, 5.74) is 1.24. The summed E-state index contributed by atoms with van der Waals surface area (Å²) in [5, 5.41) is 0. The number of fused-ring (bicyclic) bond motifs is 1. The molecule has 0 unspecified atom stereocenters. The molecular formula is C19H25BrN2O4S. The van der Waals surface area contributed by atoms with Gasteiger partial charge in [-0.05, 0) is 39.0 Å². The zero-order chi connectivity index (χ0) is 19.8. The van der Waals surface area contributed by atoms with Crippen LogP contribution in [0.25, 0.3) is 0 Å². The van der Waals surface area contributed by atoms with Gasteiger partial charge in [0.05, 0.1) is 17.6 Å². The summed E-state index contributed by atoms with van der Waals surface area (Å²) >= 11 is 3.50. The molecule has 3 rings (SSSR count). The Balaban J connectivity index is 1.93. The highest BCUT2D eigenvalue weighted by atomic mass is 79.9. The van der Waals surface area contributed by atoms with E-state index in [-0.39, 0.29) is 6.09 Å². The third-order valence-corrected chi connectivity index (χ3v) is 6.82. The van der Waals surface area contributed by atoms with E-state index in [1.807, 2.05) is 39.0 Å². The maximum Gasteiger partial charge on any atom is 0.409 e. The molecular weight excluding hydrogens is 432 g/mol. The molecule has 148 valence electrons. The van der Waals surface area contributed by atoms with Gasteiger partial charge in [0.25, 0.3) is 0 Å². The molecule has 0 radical (unpaired) electrons. The van der Waals surface area contributed by atoms with Crippen LogP contribution in [0.15, 0.2) is 27.1 Å². The molecule has 6 nitrogen and oxygen atoms in total. The van der Waals surface area contributed by atoms with Gasteiger partial charge >= 0.3 is 6.09 Å². The van der Waals surface area contributed by atoms with Gasteiger partial charge < -0.3 is 14.4 Å². The van der Waals surface area contributed by atoms with Crippen LogP contribution in [-0.2, 0) is 15.7 Å². The van der Waals surface area contributed by atoms with E-state index in [4.69, 9.17) is 9.47 Å². The number of hydrogen-bond acceptors (Lipinski definition) is 4. The third-order valence-electron chi connectivity index (χ3n) is 4.89. The van der Waals surface area contributed by atoms with E-state index in [0.717, 1.165) is 21.5 Å². The van der Waals surface area contributed by atoms with Crippen molar-refractivity contribution in [1.82, 2.24) is 4.90 Å². The van der Waals surface area contributed by atoms with E-state index in [1.165, 1.54) is 7.11 Å². The summed E-state index contributed by atoms with van der Waals surface area (Å²) < 4.78 is 29.0. The van der Waals surface area contributed by atoms with Gasteiger partial charge in [0.15, 0.2) is 0 Å². The molecule has 27 heavy (non-hydrogen) atoms. The fourth-order valence-corrected chi connectivity index (χ4v) is 4.31. The first-order valence-corrected chi connectivity index (χ1v) is 10.8. The van der Waals surface area contributed by atoms with Crippen molar-refractivity contribution in [3.8, 4) is 5.75 Å². The van der Waals surface area contributed by atoms with E-state index in [9.17, 15) is 9.00 Å². The lowest BCUT2D eigenvalue weighted by Gasteiger charge is -2.44. The number of amides is 1. The Morgan fingerprint density at radius 1 is 1.33 bits per heavy atom. The van der Waals surface area contributed by atoms with Gasteiger partial charge in [0.1, 0.15) is 22.3 Å². The highest BCUT2D eigenvalue weighted by Gasteiger charge is 2.43. The Kier molecular flexibility index (Phi) is 5.68. The van der Waals surface area contributed by atoms with Crippen LogP contribution < -0.4 is 4.74 Å². The summed E-state index contributed by atoms with van der Waals surface area (Å²) in [6, 6.07) is 5.81. The molecule has 0 aromatic heterocycles. The van der Waals surface area contributed by atoms with Crippen molar-refractivity contribution >= 4 is 38.7 Å². The minimum Gasteiger partial charge on any atom is -0.486 e. The fourth-order valence-electron chi connectivity index (χ4n) is 3.31. The van der Waals surface area contributed by atoms with Gasteiger partial charge in [0, 0.05) is 42.4 Å². The van der Waals surface area contributed by atoms with Crippen LogP contribution >= 0.6 is 15.9 Å². The van der Waals surface area contributed by atoms with Crippen LogP contribution in [0.4, 0.5) is 4.79 Å². The number of nitrogens with zero attached hydrogens (tertiary/aromatic N) is 2. The molecule has 2 aliphatic rings. The zero-order valence-electron chi connectivity index (χ0n) is 16.1. The van der Waals surface area contributed by atoms with Crippen molar-refractivity contribution in [2.75, 3.05) is 20.2 Å². The molecule has 8 heteroatoms. The van der Waals surface area contributed by atoms with Gasteiger partial charge in [-0.25, -0.2) is 9.00 Å². The fraction of sp³-hybridized carbons (Fsp3) is 0.579. The molecule has 1 atom stereocenters. The minimum atomic E-state index is -1.35. The van der Waals surface area contributed by atoms with Crippen molar-refractivity contribution in [3.63, 3.8) is 0 Å². The first-order valence-electron chi connectivity index (χ1n) is 8.95. The van der Waals surface area contributed by atoms with Crippen molar-refractivity contribution in [1.29, 1.82) is 0 Å². The lowest BCUT2D eigenvalue weighted by molar-refractivity contribution is 0.00441. The predicted octanol–water partition coefficient (Wildman–Crippen LogP) is 4.08. The summed E-state index contributed by atoms with van der Waals surface area (Å²) in [6.07, 6.45) is 1.62. The lowest BCUT2D eigenvalue weighted by atomic mass is 9.82. The molecule has 2 heterocycles. The Hall–Kier alpha value is -1.41. The smallest absolute Gasteiger partial charge is 0.409 e. The molecule has 1 saturated heterocycles. The van der Waals surface area contributed by atoms with Gasteiger partial charge in [-0.3, -0.25) is 0 Å².